The summed E-state index contributed by atoms with van der Waals surface area (Å²) in [5.74, 6) is -3.67. The van der Waals surface area contributed by atoms with Crippen molar-refractivity contribution < 1.29 is 27.5 Å². The van der Waals surface area contributed by atoms with Gasteiger partial charge in [-0.15, -0.1) is 11.8 Å². The minimum absolute atomic E-state index is 0.102. The van der Waals surface area contributed by atoms with E-state index in [1.165, 1.54) is 23.8 Å². The summed E-state index contributed by atoms with van der Waals surface area (Å²) in [6.07, 6.45) is -0.273. The maximum Gasteiger partial charge on any atom is 0.339 e. The van der Waals surface area contributed by atoms with Crippen LogP contribution >= 0.6 is 11.8 Å². The lowest BCUT2D eigenvalue weighted by Crippen LogP contribution is -2.42. The molecule has 2 unspecified atom stereocenters. The minimum Gasteiger partial charge on any atom is -0.467 e. The third-order valence-electron chi connectivity index (χ3n) is 3.62. The second kappa shape index (κ2) is 7.89. The molecule has 0 bridgehead atoms. The van der Waals surface area contributed by atoms with Crippen molar-refractivity contribution in [3.63, 3.8) is 0 Å². The number of carbonyl (C=O) groups excluding carboxylic acids is 2. The highest BCUT2D eigenvalue weighted by molar-refractivity contribution is 8.00. The van der Waals surface area contributed by atoms with Gasteiger partial charge in [0.2, 0.25) is 5.91 Å². The van der Waals surface area contributed by atoms with Gasteiger partial charge in [0, 0.05) is 30.8 Å². The quantitative estimate of drug-likeness (QED) is 0.634. The van der Waals surface area contributed by atoms with E-state index in [4.69, 9.17) is 5.73 Å². The molecule has 1 saturated heterocycles. The molecule has 2 rings (SSSR count). The van der Waals surface area contributed by atoms with Crippen LogP contribution in [0, 0.1) is 17.5 Å². The van der Waals surface area contributed by atoms with Gasteiger partial charge in [0.15, 0.2) is 17.0 Å². The van der Waals surface area contributed by atoms with Gasteiger partial charge in [-0.2, -0.15) is 0 Å². The number of methoxy groups -OCH3 is 1. The van der Waals surface area contributed by atoms with Crippen molar-refractivity contribution in [3.05, 3.63) is 35.1 Å². The molecule has 24 heavy (non-hydrogen) atoms. The van der Waals surface area contributed by atoms with E-state index >= 15 is 0 Å². The van der Waals surface area contributed by atoms with Gasteiger partial charge in [-0.1, -0.05) is 0 Å². The van der Waals surface area contributed by atoms with Gasteiger partial charge in [-0.05, 0) is 18.1 Å². The Balaban J connectivity index is 1.99. The number of ether oxygens (including phenoxy) is 1. The molecule has 1 heterocycles. The van der Waals surface area contributed by atoms with Gasteiger partial charge in [0.1, 0.15) is 5.82 Å². The largest absolute Gasteiger partial charge is 0.467 e. The molecule has 0 spiro atoms. The molecule has 1 aliphatic rings. The molecule has 132 valence electrons. The number of nitrogens with zero attached hydrogens (tertiary/aromatic N) is 1. The Labute approximate surface area is 141 Å². The second-order valence-corrected chi connectivity index (χ2v) is 6.55. The third kappa shape index (κ3) is 4.21. The zero-order chi connectivity index (χ0) is 17.9. The van der Waals surface area contributed by atoms with Crippen molar-refractivity contribution in [1.82, 2.24) is 4.90 Å². The van der Waals surface area contributed by atoms with Crippen molar-refractivity contribution in [2.24, 2.45) is 5.73 Å². The van der Waals surface area contributed by atoms with Crippen molar-refractivity contribution in [2.45, 2.75) is 24.3 Å². The first-order valence-corrected chi connectivity index (χ1v) is 8.26. The van der Waals surface area contributed by atoms with E-state index in [-0.39, 0.29) is 24.3 Å². The fourth-order valence-electron chi connectivity index (χ4n) is 2.44. The van der Waals surface area contributed by atoms with Crippen molar-refractivity contribution in [3.8, 4) is 0 Å². The number of nitrogens with two attached hydrogens (primary N) is 1. The van der Waals surface area contributed by atoms with Crippen LogP contribution in [0.25, 0.3) is 0 Å². The van der Waals surface area contributed by atoms with E-state index in [9.17, 15) is 22.8 Å². The van der Waals surface area contributed by atoms with Crippen LogP contribution in [0.15, 0.2) is 12.1 Å². The Morgan fingerprint density at radius 1 is 1.33 bits per heavy atom. The number of esters is 1. The van der Waals surface area contributed by atoms with E-state index in [0.717, 1.165) is 6.07 Å². The maximum atomic E-state index is 13.6. The smallest absolute Gasteiger partial charge is 0.339 e. The molecule has 5 nitrogen and oxygen atoms in total. The van der Waals surface area contributed by atoms with Crippen molar-refractivity contribution in [1.29, 1.82) is 0 Å². The molecule has 1 fully saturated rings. The van der Waals surface area contributed by atoms with Gasteiger partial charge in [0.05, 0.1) is 7.11 Å². The zero-order valence-corrected chi connectivity index (χ0v) is 13.7. The molecule has 0 aromatic heterocycles. The molecule has 1 aromatic carbocycles. The Hall–Kier alpha value is -1.74. The van der Waals surface area contributed by atoms with Crippen LogP contribution in [0.4, 0.5) is 13.2 Å². The van der Waals surface area contributed by atoms with E-state index in [0.29, 0.717) is 18.4 Å². The predicted octanol–water partition coefficient (Wildman–Crippen LogP) is 1.44. The molecule has 1 aromatic rings. The summed E-state index contributed by atoms with van der Waals surface area (Å²) < 4.78 is 44.4. The number of carbonyl (C=O) groups is 2. The second-order valence-electron chi connectivity index (χ2n) is 5.36. The Bertz CT molecular complexity index is 645. The lowest BCUT2D eigenvalue weighted by Gasteiger charge is -2.23. The van der Waals surface area contributed by atoms with Crippen LogP contribution in [0.1, 0.15) is 12.0 Å². The topological polar surface area (TPSA) is 72.6 Å². The third-order valence-corrected chi connectivity index (χ3v) is 4.80. The molecule has 0 radical (unpaired) electrons. The maximum absolute atomic E-state index is 13.6. The first kappa shape index (κ1) is 18.6. The minimum atomic E-state index is -1.28. The number of rotatable bonds is 5. The average molecular weight is 362 g/mol. The van der Waals surface area contributed by atoms with Crippen LogP contribution in [-0.2, 0) is 20.7 Å². The van der Waals surface area contributed by atoms with Crippen LogP contribution in [0.3, 0.4) is 0 Å². The zero-order valence-electron chi connectivity index (χ0n) is 12.9. The monoisotopic (exact) mass is 362 g/mol. The van der Waals surface area contributed by atoms with E-state index < -0.39 is 34.8 Å². The normalized spacial score (nSPS) is 18.5. The standard InChI is InChI=1S/C15H17F3N2O3S/c1-23-15(22)14-20(2-3-24-14)13(21)6-9(19)4-8-5-11(17)12(18)7-10(8)16/h5,7,9,14H,2-4,6,19H2,1H3. The average Bonchev–Trinajstić information content (AvgIpc) is 3.01. The molecule has 2 atom stereocenters. The molecule has 9 heteroatoms. The summed E-state index contributed by atoms with van der Waals surface area (Å²) in [6, 6.07) is 0.391. The first-order valence-electron chi connectivity index (χ1n) is 7.21. The first-order chi connectivity index (χ1) is 11.3. The molecule has 1 amide bonds. The van der Waals surface area contributed by atoms with Gasteiger partial charge in [-0.25, -0.2) is 18.0 Å². The molecular weight excluding hydrogens is 345 g/mol. The van der Waals surface area contributed by atoms with Gasteiger partial charge in [0.25, 0.3) is 0 Å². The number of halogens is 3. The number of thioether (sulfide) groups is 1. The Morgan fingerprint density at radius 3 is 2.67 bits per heavy atom. The highest BCUT2D eigenvalue weighted by Crippen LogP contribution is 2.26. The van der Waals surface area contributed by atoms with Crippen LogP contribution in [0.2, 0.25) is 0 Å². The summed E-state index contributed by atoms with van der Waals surface area (Å²) in [7, 11) is 1.24. The molecule has 2 N–H and O–H groups in total. The van der Waals surface area contributed by atoms with Crippen LogP contribution < -0.4 is 5.73 Å². The van der Waals surface area contributed by atoms with Gasteiger partial charge >= 0.3 is 5.97 Å². The summed E-state index contributed by atoms with van der Waals surface area (Å²) in [5.41, 5.74) is 5.73. The van der Waals surface area contributed by atoms with E-state index in [1.54, 1.807) is 0 Å². The number of hydrogen-bond donors (Lipinski definition) is 1. The highest BCUT2D eigenvalue weighted by Gasteiger charge is 2.35. The predicted molar refractivity (Wildman–Crippen MR) is 82.6 cm³/mol. The van der Waals surface area contributed by atoms with Crippen molar-refractivity contribution >= 4 is 23.6 Å². The van der Waals surface area contributed by atoms with E-state index in [1.807, 2.05) is 0 Å². The summed E-state index contributed by atoms with van der Waals surface area (Å²) in [4.78, 5) is 25.3. The fourth-order valence-corrected chi connectivity index (χ4v) is 3.60. The molecular formula is C15H17F3N2O3S. The van der Waals surface area contributed by atoms with Gasteiger partial charge in [-0.3, -0.25) is 4.79 Å². The SMILES string of the molecule is COC(=O)C1SCCN1C(=O)CC(N)Cc1cc(F)c(F)cc1F. The van der Waals surface area contributed by atoms with Crippen LogP contribution in [0.5, 0.6) is 0 Å². The Kier molecular flexibility index (Phi) is 6.11. The lowest BCUT2D eigenvalue weighted by atomic mass is 10.0. The molecule has 0 aliphatic carbocycles. The summed E-state index contributed by atoms with van der Waals surface area (Å²) >= 11 is 1.29. The fraction of sp³-hybridized carbons (Fsp3) is 0.467. The number of benzene rings is 1. The number of hydrogen-bond acceptors (Lipinski definition) is 5. The highest BCUT2D eigenvalue weighted by atomic mass is 32.2. The molecule has 0 saturated carbocycles. The summed E-state index contributed by atoms with van der Waals surface area (Å²) in [5, 5.41) is -0.713. The molecule has 1 aliphatic heterocycles. The van der Waals surface area contributed by atoms with Crippen molar-refractivity contribution in [2.75, 3.05) is 19.4 Å². The van der Waals surface area contributed by atoms with Crippen LogP contribution in [-0.4, -0.2) is 47.6 Å². The lowest BCUT2D eigenvalue weighted by molar-refractivity contribution is -0.148. The number of amides is 1. The van der Waals surface area contributed by atoms with Gasteiger partial charge < -0.3 is 15.4 Å². The van der Waals surface area contributed by atoms with E-state index in [2.05, 4.69) is 4.74 Å². The summed E-state index contributed by atoms with van der Waals surface area (Å²) in [6.45, 7) is 0.384. The Morgan fingerprint density at radius 2 is 2.00 bits per heavy atom.